The van der Waals surface area contributed by atoms with Gasteiger partial charge in [0.2, 0.25) is 5.91 Å². The number of anilines is 2. The van der Waals surface area contributed by atoms with Gasteiger partial charge in [0.15, 0.2) is 11.5 Å². The van der Waals surface area contributed by atoms with Crippen molar-refractivity contribution in [1.82, 2.24) is 20.2 Å². The monoisotopic (exact) mass is 441 g/mol. The fourth-order valence-electron chi connectivity index (χ4n) is 3.46. The zero-order valence-electron chi connectivity index (χ0n) is 17.6. The van der Waals surface area contributed by atoms with E-state index in [-0.39, 0.29) is 11.9 Å². The van der Waals surface area contributed by atoms with Gasteiger partial charge in [0.05, 0.1) is 25.2 Å². The Bertz CT molecular complexity index is 1120. The molecular formula is C22H24ClN5O3. The highest BCUT2D eigenvalue weighted by Crippen LogP contribution is 2.35. The molecule has 0 radical (unpaired) electrons. The second-order valence-corrected chi connectivity index (χ2v) is 7.84. The van der Waals surface area contributed by atoms with Gasteiger partial charge >= 0.3 is 0 Å². The Balaban J connectivity index is 1.84. The molecule has 9 heteroatoms. The van der Waals surface area contributed by atoms with Crippen molar-refractivity contribution < 1.29 is 14.3 Å². The van der Waals surface area contributed by atoms with Gasteiger partial charge in [-0.25, -0.2) is 9.97 Å². The molecule has 2 bridgehead atoms. The molecule has 1 aromatic heterocycles. The summed E-state index contributed by atoms with van der Waals surface area (Å²) in [5.74, 6) is 1.67. The zero-order valence-corrected chi connectivity index (χ0v) is 18.4. The van der Waals surface area contributed by atoms with Crippen LogP contribution in [0.25, 0.3) is 10.9 Å². The summed E-state index contributed by atoms with van der Waals surface area (Å²) in [4.78, 5) is 23.4. The number of nitrogens with one attached hydrogen (secondary N) is 2. The van der Waals surface area contributed by atoms with E-state index < -0.39 is 0 Å². The first-order valence-corrected chi connectivity index (χ1v) is 10.3. The Morgan fingerprint density at radius 3 is 2.90 bits per heavy atom. The number of fused-ring (bicyclic) bond motifs is 2. The topological polar surface area (TPSA) is 88.6 Å². The normalized spacial score (nSPS) is 17.7. The summed E-state index contributed by atoms with van der Waals surface area (Å²) in [7, 11) is 3.49. The highest BCUT2D eigenvalue weighted by atomic mass is 35.5. The third-order valence-electron chi connectivity index (χ3n) is 5.36. The third-order valence-corrected chi connectivity index (χ3v) is 5.60. The van der Waals surface area contributed by atoms with E-state index in [2.05, 4.69) is 20.6 Å². The number of amides is 1. The molecule has 8 nitrogen and oxygen atoms in total. The van der Waals surface area contributed by atoms with Gasteiger partial charge in [0.25, 0.3) is 0 Å². The summed E-state index contributed by atoms with van der Waals surface area (Å²) in [5.41, 5.74) is 2.51. The van der Waals surface area contributed by atoms with E-state index in [1.165, 1.54) is 6.33 Å². The van der Waals surface area contributed by atoms with Crippen LogP contribution >= 0.6 is 11.6 Å². The van der Waals surface area contributed by atoms with Crippen molar-refractivity contribution in [2.45, 2.75) is 19.5 Å². The number of carbonyl (C=O) groups is 1. The van der Waals surface area contributed by atoms with Crippen LogP contribution < -0.4 is 20.1 Å². The fraction of sp³-hybridized carbons (Fsp3) is 0.318. The molecule has 0 spiro atoms. The van der Waals surface area contributed by atoms with Gasteiger partial charge in [0.1, 0.15) is 18.8 Å². The van der Waals surface area contributed by atoms with E-state index in [4.69, 9.17) is 21.1 Å². The second kappa shape index (κ2) is 8.95. The molecule has 1 unspecified atom stereocenters. The minimum absolute atomic E-state index is 0.0685. The standard InChI is InChI=1S/C22H24ClN5O3/c1-13-22(29)24-6-7-31-20-9-16-18(10-19(20)30-3)25-12-26-21(16)27-17-8-15(23)5-4-14(17)11-28(13)2/h4-5,8-10,12-13H,6-7,11H2,1-3H3,(H,24,29)(H,25,26,27). The number of hydrogen-bond donors (Lipinski definition) is 2. The number of ether oxygens (including phenoxy) is 2. The Kier molecular flexibility index (Phi) is 6.11. The number of rotatable bonds is 1. The lowest BCUT2D eigenvalue weighted by molar-refractivity contribution is -0.125. The Labute approximate surface area is 185 Å². The quantitative estimate of drug-likeness (QED) is 0.598. The predicted octanol–water partition coefficient (Wildman–Crippen LogP) is 3.36. The SMILES string of the molecule is COc1cc2ncnc3c2cc1OCCNC(=O)C(C)N(C)Cc1ccc(Cl)cc1N3. The Morgan fingerprint density at radius 1 is 1.26 bits per heavy atom. The first kappa shape index (κ1) is 21.1. The van der Waals surface area contributed by atoms with Gasteiger partial charge in [0, 0.05) is 28.7 Å². The molecular weight excluding hydrogens is 418 g/mol. The summed E-state index contributed by atoms with van der Waals surface area (Å²) in [6.45, 7) is 3.10. The molecule has 4 rings (SSSR count). The summed E-state index contributed by atoms with van der Waals surface area (Å²) in [6.07, 6.45) is 1.50. The van der Waals surface area contributed by atoms with Crippen LogP contribution in [-0.4, -0.2) is 54.1 Å². The number of halogens is 1. The van der Waals surface area contributed by atoms with Crippen LogP contribution in [0.2, 0.25) is 5.02 Å². The zero-order chi connectivity index (χ0) is 22.0. The van der Waals surface area contributed by atoms with Crippen molar-refractivity contribution >= 4 is 39.9 Å². The Morgan fingerprint density at radius 2 is 2.10 bits per heavy atom. The van der Waals surface area contributed by atoms with E-state index in [0.29, 0.717) is 47.6 Å². The van der Waals surface area contributed by atoms with Gasteiger partial charge in [-0.05, 0) is 37.7 Å². The van der Waals surface area contributed by atoms with Crippen LogP contribution in [-0.2, 0) is 11.3 Å². The molecule has 1 aliphatic heterocycles. The van der Waals surface area contributed by atoms with E-state index in [0.717, 1.165) is 16.6 Å². The molecule has 2 aromatic carbocycles. The van der Waals surface area contributed by atoms with Crippen molar-refractivity contribution in [1.29, 1.82) is 0 Å². The van der Waals surface area contributed by atoms with Crippen molar-refractivity contribution in [3.8, 4) is 11.5 Å². The van der Waals surface area contributed by atoms with Gasteiger partial charge in [-0.15, -0.1) is 0 Å². The van der Waals surface area contributed by atoms with Crippen LogP contribution in [0.1, 0.15) is 12.5 Å². The summed E-state index contributed by atoms with van der Waals surface area (Å²) < 4.78 is 11.4. The maximum absolute atomic E-state index is 12.6. The molecule has 1 aliphatic rings. The summed E-state index contributed by atoms with van der Waals surface area (Å²) in [6, 6.07) is 8.96. The van der Waals surface area contributed by atoms with Crippen molar-refractivity contribution in [2.75, 3.05) is 32.6 Å². The summed E-state index contributed by atoms with van der Waals surface area (Å²) in [5, 5.41) is 7.70. The number of nitrogens with zero attached hydrogens (tertiary/aromatic N) is 3. The van der Waals surface area contributed by atoms with Crippen molar-refractivity contribution in [3.05, 3.63) is 47.2 Å². The molecule has 31 heavy (non-hydrogen) atoms. The van der Waals surface area contributed by atoms with Crippen LogP contribution in [0.5, 0.6) is 11.5 Å². The molecule has 0 saturated heterocycles. The fourth-order valence-corrected chi connectivity index (χ4v) is 3.63. The lowest BCUT2D eigenvalue weighted by Crippen LogP contribution is -2.44. The highest BCUT2D eigenvalue weighted by Gasteiger charge is 2.20. The van der Waals surface area contributed by atoms with Crippen LogP contribution in [0.3, 0.4) is 0 Å². The smallest absolute Gasteiger partial charge is 0.237 e. The molecule has 0 saturated carbocycles. The molecule has 162 valence electrons. The molecule has 2 N–H and O–H groups in total. The minimum Gasteiger partial charge on any atom is -0.493 e. The first-order valence-electron chi connectivity index (χ1n) is 9.95. The second-order valence-electron chi connectivity index (χ2n) is 7.40. The van der Waals surface area contributed by atoms with Gasteiger partial charge in [-0.1, -0.05) is 17.7 Å². The average Bonchev–Trinajstić information content (AvgIpc) is 2.77. The maximum atomic E-state index is 12.6. The number of hydrogen-bond acceptors (Lipinski definition) is 7. The maximum Gasteiger partial charge on any atom is 0.237 e. The van der Waals surface area contributed by atoms with Crippen LogP contribution in [0, 0.1) is 0 Å². The van der Waals surface area contributed by atoms with Gasteiger partial charge in [-0.2, -0.15) is 0 Å². The number of carbonyl (C=O) groups excluding carboxylic acids is 1. The largest absolute Gasteiger partial charge is 0.493 e. The van der Waals surface area contributed by atoms with Crippen LogP contribution in [0.15, 0.2) is 36.7 Å². The molecule has 0 aliphatic carbocycles. The number of likely N-dealkylation sites (N-methyl/N-ethyl adjacent to an activating group) is 1. The lowest BCUT2D eigenvalue weighted by atomic mass is 10.1. The van der Waals surface area contributed by atoms with E-state index in [1.807, 2.05) is 49.2 Å². The van der Waals surface area contributed by atoms with E-state index in [1.54, 1.807) is 7.11 Å². The molecule has 1 amide bonds. The van der Waals surface area contributed by atoms with E-state index >= 15 is 0 Å². The predicted molar refractivity (Wildman–Crippen MR) is 120 cm³/mol. The minimum atomic E-state index is -0.324. The van der Waals surface area contributed by atoms with Gasteiger partial charge in [-0.3, -0.25) is 9.69 Å². The van der Waals surface area contributed by atoms with Crippen molar-refractivity contribution in [2.24, 2.45) is 0 Å². The first-order chi connectivity index (χ1) is 15.0. The highest BCUT2D eigenvalue weighted by molar-refractivity contribution is 6.30. The van der Waals surface area contributed by atoms with E-state index in [9.17, 15) is 4.79 Å². The Hall–Kier alpha value is -3.10. The molecule has 3 aromatic rings. The third kappa shape index (κ3) is 4.50. The van der Waals surface area contributed by atoms with Crippen molar-refractivity contribution in [3.63, 3.8) is 0 Å². The van der Waals surface area contributed by atoms with Crippen LogP contribution in [0.4, 0.5) is 11.5 Å². The van der Waals surface area contributed by atoms with Gasteiger partial charge < -0.3 is 20.1 Å². The number of methoxy groups -OCH3 is 1. The molecule has 0 fully saturated rings. The number of benzene rings is 2. The lowest BCUT2D eigenvalue weighted by Gasteiger charge is -2.25. The molecule has 1 atom stereocenters. The molecule has 2 heterocycles. The average molecular weight is 442 g/mol. The summed E-state index contributed by atoms with van der Waals surface area (Å²) >= 11 is 6.28. The number of aromatic nitrogens is 2.